The topological polar surface area (TPSA) is 76.7 Å². The average molecular weight is 258 g/mol. The number of carbonyl (C=O) groups is 2. The van der Waals surface area contributed by atoms with Crippen LogP contribution in [0.15, 0.2) is 36.3 Å². The van der Waals surface area contributed by atoms with Crippen LogP contribution in [0.4, 0.5) is 10.5 Å². The van der Waals surface area contributed by atoms with E-state index in [4.69, 9.17) is 15.9 Å². The quantitative estimate of drug-likeness (QED) is 0.780. The number of amides is 3. The van der Waals surface area contributed by atoms with E-state index < -0.39 is 11.9 Å². The molecule has 0 bridgehead atoms. The van der Waals surface area contributed by atoms with Crippen LogP contribution in [0.2, 0.25) is 0 Å². The first-order valence-corrected chi connectivity index (χ1v) is 5.32. The Morgan fingerprint density at radius 3 is 2.89 bits per heavy atom. The molecule has 0 spiro atoms. The number of carbonyl (C=O) groups excluding carboxylic acids is 2. The van der Waals surface area contributed by atoms with Gasteiger partial charge in [-0.05, 0) is 18.2 Å². The lowest BCUT2D eigenvalue weighted by atomic mass is 10.2. The van der Waals surface area contributed by atoms with Crippen molar-refractivity contribution >= 4 is 17.6 Å². The lowest BCUT2D eigenvalue weighted by Crippen LogP contribution is -2.35. The summed E-state index contributed by atoms with van der Waals surface area (Å²) in [7, 11) is 0. The van der Waals surface area contributed by atoms with E-state index in [1.807, 2.05) is 0 Å². The van der Waals surface area contributed by atoms with E-state index >= 15 is 0 Å². The lowest BCUT2D eigenvalue weighted by molar-refractivity contribution is -0.119. The summed E-state index contributed by atoms with van der Waals surface area (Å²) in [5.74, 6) is 1.72. The normalized spacial score (nSPS) is 12.5. The highest BCUT2D eigenvalue weighted by Crippen LogP contribution is 2.10. The molecule has 6 nitrogen and oxygen atoms in total. The van der Waals surface area contributed by atoms with Gasteiger partial charge in [0.05, 0.1) is 0 Å². The van der Waals surface area contributed by atoms with Crippen molar-refractivity contribution in [3.8, 4) is 12.3 Å². The Hall–Kier alpha value is -2.94. The van der Waals surface area contributed by atoms with Crippen molar-refractivity contribution in [3.05, 3.63) is 41.9 Å². The SMILES string of the molecule is C#Cc1cccc(NC(=O)NC(=O)C2=COCO2)c1. The first-order chi connectivity index (χ1) is 9.19. The van der Waals surface area contributed by atoms with Gasteiger partial charge in [-0.2, -0.15) is 0 Å². The number of benzene rings is 1. The van der Waals surface area contributed by atoms with Crippen LogP contribution in [-0.4, -0.2) is 18.7 Å². The number of terminal acetylenes is 1. The third-order valence-electron chi connectivity index (χ3n) is 2.21. The number of ether oxygens (including phenoxy) is 2. The van der Waals surface area contributed by atoms with Crippen molar-refractivity contribution in [1.82, 2.24) is 5.32 Å². The van der Waals surface area contributed by atoms with Crippen LogP contribution in [0.3, 0.4) is 0 Å². The van der Waals surface area contributed by atoms with Gasteiger partial charge in [0.25, 0.3) is 5.91 Å². The molecule has 0 aliphatic carbocycles. The number of anilines is 1. The molecule has 1 aromatic rings. The number of hydrogen-bond donors (Lipinski definition) is 2. The number of nitrogens with one attached hydrogen (secondary N) is 2. The summed E-state index contributed by atoms with van der Waals surface area (Å²) in [5.41, 5.74) is 1.11. The molecule has 2 rings (SSSR count). The van der Waals surface area contributed by atoms with Gasteiger partial charge >= 0.3 is 6.03 Å². The minimum atomic E-state index is -0.685. The molecule has 3 amide bonds. The Kier molecular flexibility index (Phi) is 3.69. The Morgan fingerprint density at radius 2 is 2.21 bits per heavy atom. The first kappa shape index (κ1) is 12.5. The zero-order valence-electron chi connectivity index (χ0n) is 9.80. The molecule has 0 aromatic heterocycles. The van der Waals surface area contributed by atoms with Crippen LogP contribution >= 0.6 is 0 Å². The van der Waals surface area contributed by atoms with Gasteiger partial charge in [-0.15, -0.1) is 6.42 Å². The van der Waals surface area contributed by atoms with Crippen molar-refractivity contribution in [2.24, 2.45) is 0 Å². The van der Waals surface area contributed by atoms with Crippen molar-refractivity contribution in [3.63, 3.8) is 0 Å². The monoisotopic (exact) mass is 258 g/mol. The van der Waals surface area contributed by atoms with Gasteiger partial charge in [-0.3, -0.25) is 10.1 Å². The second-order valence-corrected chi connectivity index (χ2v) is 3.54. The highest BCUT2D eigenvalue weighted by Gasteiger charge is 2.18. The number of hydrogen-bond acceptors (Lipinski definition) is 4. The van der Waals surface area contributed by atoms with Crippen molar-refractivity contribution < 1.29 is 19.1 Å². The summed E-state index contributed by atoms with van der Waals surface area (Å²) < 4.78 is 9.53. The molecule has 0 saturated heterocycles. The third-order valence-corrected chi connectivity index (χ3v) is 2.21. The van der Waals surface area contributed by atoms with Gasteiger partial charge in [0.15, 0.2) is 0 Å². The van der Waals surface area contributed by atoms with Gasteiger partial charge in [-0.25, -0.2) is 4.79 Å². The van der Waals surface area contributed by atoms with Crippen LogP contribution in [0.25, 0.3) is 0 Å². The smallest absolute Gasteiger partial charge is 0.326 e. The molecule has 96 valence electrons. The maximum atomic E-state index is 11.6. The standard InChI is InChI=1S/C13H10N2O4/c1-2-9-4-3-5-10(6-9)14-13(17)15-12(16)11-7-18-8-19-11/h1,3-7H,8H2,(H2,14,15,16,17). The summed E-state index contributed by atoms with van der Waals surface area (Å²) in [6, 6.07) is 6.00. The minimum Gasteiger partial charge on any atom is -0.461 e. The van der Waals surface area contributed by atoms with E-state index in [0.29, 0.717) is 11.3 Å². The summed E-state index contributed by atoms with van der Waals surface area (Å²) in [4.78, 5) is 23.1. The van der Waals surface area contributed by atoms with Gasteiger partial charge < -0.3 is 14.8 Å². The fourth-order valence-corrected chi connectivity index (χ4v) is 1.37. The van der Waals surface area contributed by atoms with Crippen molar-refractivity contribution in [2.75, 3.05) is 12.1 Å². The summed E-state index contributed by atoms with van der Waals surface area (Å²) in [6.07, 6.45) is 6.38. The fraction of sp³-hybridized carbons (Fsp3) is 0.0769. The molecule has 6 heteroatoms. The zero-order chi connectivity index (χ0) is 13.7. The molecule has 0 unspecified atom stereocenters. The molecule has 1 aliphatic heterocycles. The van der Waals surface area contributed by atoms with Crippen LogP contribution in [0, 0.1) is 12.3 Å². The molecule has 0 saturated carbocycles. The molecule has 1 aliphatic rings. The highest BCUT2D eigenvalue weighted by atomic mass is 16.7. The lowest BCUT2D eigenvalue weighted by Gasteiger charge is -2.06. The van der Waals surface area contributed by atoms with Crippen molar-refractivity contribution in [1.29, 1.82) is 0 Å². The van der Waals surface area contributed by atoms with E-state index in [-0.39, 0.29) is 12.6 Å². The summed E-state index contributed by atoms with van der Waals surface area (Å²) in [5, 5.41) is 4.57. The summed E-state index contributed by atoms with van der Waals surface area (Å²) >= 11 is 0. The predicted octanol–water partition coefficient (Wildman–Crippen LogP) is 1.16. The van der Waals surface area contributed by atoms with E-state index in [1.165, 1.54) is 0 Å². The molecule has 1 aromatic carbocycles. The van der Waals surface area contributed by atoms with Crippen LogP contribution in [-0.2, 0) is 14.3 Å². The Morgan fingerprint density at radius 1 is 1.37 bits per heavy atom. The maximum absolute atomic E-state index is 11.6. The zero-order valence-corrected chi connectivity index (χ0v) is 9.80. The molecule has 2 N–H and O–H groups in total. The second-order valence-electron chi connectivity index (χ2n) is 3.54. The second kappa shape index (κ2) is 5.60. The molecular formula is C13H10N2O4. The number of imide groups is 1. The number of rotatable bonds is 2. The van der Waals surface area contributed by atoms with Crippen LogP contribution in [0.1, 0.15) is 5.56 Å². The van der Waals surface area contributed by atoms with E-state index in [9.17, 15) is 9.59 Å². The largest absolute Gasteiger partial charge is 0.461 e. The molecule has 1 heterocycles. The third kappa shape index (κ3) is 3.26. The van der Waals surface area contributed by atoms with Gasteiger partial charge in [0, 0.05) is 11.3 Å². The Balaban J connectivity index is 1.94. The molecule has 0 radical (unpaired) electrons. The summed E-state index contributed by atoms with van der Waals surface area (Å²) in [6.45, 7) is -0.0331. The van der Waals surface area contributed by atoms with Gasteiger partial charge in [0.1, 0.15) is 6.26 Å². The number of urea groups is 1. The Bertz CT molecular complexity index is 587. The average Bonchev–Trinajstić information content (AvgIpc) is 2.92. The molecule has 0 atom stereocenters. The minimum absolute atomic E-state index is 0.0331. The van der Waals surface area contributed by atoms with Crippen molar-refractivity contribution in [2.45, 2.75) is 0 Å². The van der Waals surface area contributed by atoms with Gasteiger partial charge in [-0.1, -0.05) is 12.0 Å². The van der Waals surface area contributed by atoms with E-state index in [0.717, 1.165) is 6.26 Å². The van der Waals surface area contributed by atoms with Crippen LogP contribution in [0.5, 0.6) is 0 Å². The van der Waals surface area contributed by atoms with E-state index in [1.54, 1.807) is 24.3 Å². The Labute approximate surface area is 109 Å². The molecule has 0 fully saturated rings. The van der Waals surface area contributed by atoms with Crippen LogP contribution < -0.4 is 10.6 Å². The fourth-order valence-electron chi connectivity index (χ4n) is 1.37. The highest BCUT2D eigenvalue weighted by molar-refractivity contribution is 6.06. The van der Waals surface area contributed by atoms with Gasteiger partial charge in [0.2, 0.25) is 12.6 Å². The molecular weight excluding hydrogens is 248 g/mol. The maximum Gasteiger partial charge on any atom is 0.326 e. The van der Waals surface area contributed by atoms with E-state index in [2.05, 4.69) is 16.6 Å². The predicted molar refractivity (Wildman–Crippen MR) is 66.7 cm³/mol. The first-order valence-electron chi connectivity index (χ1n) is 5.32. The molecule has 19 heavy (non-hydrogen) atoms.